The minimum Gasteiger partial charge on any atom is -0.334 e. The largest absolute Gasteiger partial charge is 0.334 e. The van der Waals surface area contributed by atoms with E-state index in [9.17, 15) is 0 Å². The van der Waals surface area contributed by atoms with E-state index in [1.165, 1.54) is 0 Å². The summed E-state index contributed by atoms with van der Waals surface area (Å²) in [5, 5.41) is 4.80. The summed E-state index contributed by atoms with van der Waals surface area (Å²) in [5.74, 6) is 0.708. The lowest BCUT2D eigenvalue weighted by molar-refractivity contribution is 0.357. The molecule has 0 amide bonds. The second kappa shape index (κ2) is 5.88. The highest BCUT2D eigenvalue weighted by Crippen LogP contribution is 2.33. The molecule has 2 aromatic rings. The zero-order valence-electron chi connectivity index (χ0n) is 10.6. The van der Waals surface area contributed by atoms with E-state index in [0.29, 0.717) is 28.0 Å². The third kappa shape index (κ3) is 3.25. The van der Waals surface area contributed by atoms with Crippen molar-refractivity contribution in [2.75, 3.05) is 20.6 Å². The van der Waals surface area contributed by atoms with Crippen LogP contribution in [0.1, 0.15) is 11.9 Å². The maximum atomic E-state index is 6.09. The number of rotatable bonds is 4. The summed E-state index contributed by atoms with van der Waals surface area (Å²) in [6, 6.07) is 4.86. The number of aromatic nitrogens is 2. The van der Waals surface area contributed by atoms with E-state index in [0.717, 1.165) is 0 Å². The van der Waals surface area contributed by atoms with Crippen LogP contribution in [-0.4, -0.2) is 35.7 Å². The molecule has 0 spiro atoms. The molecular weight excluding hydrogens is 287 g/mol. The summed E-state index contributed by atoms with van der Waals surface area (Å²) in [5.41, 5.74) is 6.50. The van der Waals surface area contributed by atoms with Crippen molar-refractivity contribution in [2.24, 2.45) is 5.73 Å². The van der Waals surface area contributed by atoms with Crippen LogP contribution >= 0.6 is 23.2 Å². The molecule has 1 aromatic carbocycles. The van der Waals surface area contributed by atoms with Crippen molar-refractivity contribution in [3.63, 3.8) is 0 Å². The summed E-state index contributed by atoms with van der Waals surface area (Å²) >= 11 is 12.2. The Kier molecular flexibility index (Phi) is 4.42. The normalized spacial score (nSPS) is 12.9. The minimum absolute atomic E-state index is 0.278. The van der Waals surface area contributed by atoms with E-state index in [-0.39, 0.29) is 11.9 Å². The molecule has 0 fully saturated rings. The Morgan fingerprint density at radius 3 is 2.53 bits per heavy atom. The molecule has 1 heterocycles. The van der Waals surface area contributed by atoms with Crippen LogP contribution in [0, 0.1) is 0 Å². The molecule has 2 N–H and O–H groups in total. The number of nitrogens with zero attached hydrogens (tertiary/aromatic N) is 3. The number of benzene rings is 1. The maximum absolute atomic E-state index is 6.09. The Bertz CT molecular complexity index is 550. The highest BCUT2D eigenvalue weighted by molar-refractivity contribution is 6.38. The van der Waals surface area contributed by atoms with Gasteiger partial charge in [-0.15, -0.1) is 0 Å². The van der Waals surface area contributed by atoms with Crippen molar-refractivity contribution in [3.8, 4) is 11.5 Å². The molecule has 1 aromatic heterocycles. The molecule has 0 bridgehead atoms. The van der Waals surface area contributed by atoms with Gasteiger partial charge >= 0.3 is 0 Å². The fourth-order valence-electron chi connectivity index (χ4n) is 1.66. The first kappa shape index (κ1) is 14.3. The highest BCUT2D eigenvalue weighted by atomic mass is 35.5. The fourth-order valence-corrected chi connectivity index (χ4v) is 2.22. The summed E-state index contributed by atoms with van der Waals surface area (Å²) in [7, 11) is 3.84. The highest BCUT2D eigenvalue weighted by Gasteiger charge is 2.19. The standard InChI is InChI=1S/C12H14Cl2N4O/c1-18(2)6-9(15)11-16-12(19-17-11)10-7(13)4-3-5-8(10)14/h3-5,9H,6,15H2,1-2H3. The molecule has 19 heavy (non-hydrogen) atoms. The Morgan fingerprint density at radius 2 is 1.95 bits per heavy atom. The van der Waals surface area contributed by atoms with Gasteiger partial charge in [-0.2, -0.15) is 4.98 Å². The van der Waals surface area contributed by atoms with Gasteiger partial charge in [-0.05, 0) is 26.2 Å². The molecule has 2 rings (SSSR count). The smallest absolute Gasteiger partial charge is 0.261 e. The van der Waals surface area contributed by atoms with E-state index in [1.807, 2.05) is 19.0 Å². The molecular formula is C12H14Cl2N4O. The van der Waals surface area contributed by atoms with Crippen molar-refractivity contribution in [3.05, 3.63) is 34.1 Å². The van der Waals surface area contributed by atoms with Crippen molar-refractivity contribution in [1.82, 2.24) is 15.0 Å². The van der Waals surface area contributed by atoms with Crippen molar-refractivity contribution in [1.29, 1.82) is 0 Å². The van der Waals surface area contributed by atoms with E-state index < -0.39 is 0 Å². The number of hydrogen-bond acceptors (Lipinski definition) is 5. The van der Waals surface area contributed by atoms with Crippen molar-refractivity contribution in [2.45, 2.75) is 6.04 Å². The molecule has 0 radical (unpaired) electrons. The van der Waals surface area contributed by atoms with E-state index in [1.54, 1.807) is 18.2 Å². The predicted molar refractivity (Wildman–Crippen MR) is 75.2 cm³/mol. The van der Waals surface area contributed by atoms with Gasteiger partial charge in [0.2, 0.25) is 0 Å². The van der Waals surface area contributed by atoms with Gasteiger partial charge in [0.15, 0.2) is 5.82 Å². The van der Waals surface area contributed by atoms with Gasteiger partial charge in [-0.25, -0.2) is 0 Å². The summed E-state index contributed by atoms with van der Waals surface area (Å²) in [4.78, 5) is 6.20. The van der Waals surface area contributed by atoms with Crippen molar-refractivity contribution >= 4 is 23.2 Å². The molecule has 0 saturated heterocycles. The van der Waals surface area contributed by atoms with Crippen molar-refractivity contribution < 1.29 is 4.52 Å². The number of likely N-dealkylation sites (N-methyl/N-ethyl adjacent to an activating group) is 1. The Morgan fingerprint density at radius 1 is 1.32 bits per heavy atom. The van der Waals surface area contributed by atoms with Crippen LogP contribution < -0.4 is 5.73 Å². The van der Waals surface area contributed by atoms with Gasteiger partial charge < -0.3 is 15.2 Å². The summed E-state index contributed by atoms with van der Waals surface area (Å²) in [6.45, 7) is 0.620. The van der Waals surface area contributed by atoms with Gasteiger partial charge in [0.05, 0.1) is 21.7 Å². The zero-order valence-corrected chi connectivity index (χ0v) is 12.1. The van der Waals surface area contributed by atoms with Crippen LogP contribution in [0.25, 0.3) is 11.5 Å². The van der Waals surface area contributed by atoms with Crippen LogP contribution in [0.5, 0.6) is 0 Å². The molecule has 0 saturated carbocycles. The first-order chi connectivity index (χ1) is 8.99. The van der Waals surface area contributed by atoms with Gasteiger partial charge in [0.1, 0.15) is 0 Å². The predicted octanol–water partition coefficient (Wildman–Crippen LogP) is 2.60. The molecule has 1 unspecified atom stereocenters. The van der Waals surface area contributed by atoms with Crippen LogP contribution in [0.4, 0.5) is 0 Å². The Labute approximate surface area is 121 Å². The Hall–Kier alpha value is -1.14. The molecule has 7 heteroatoms. The number of halogens is 2. The number of nitrogens with two attached hydrogens (primary N) is 1. The lowest BCUT2D eigenvalue weighted by Crippen LogP contribution is -2.26. The maximum Gasteiger partial charge on any atom is 0.261 e. The van der Waals surface area contributed by atoms with Crippen LogP contribution in [0.15, 0.2) is 22.7 Å². The van der Waals surface area contributed by atoms with Gasteiger partial charge in [0.25, 0.3) is 5.89 Å². The lowest BCUT2D eigenvalue weighted by atomic mass is 10.2. The average molecular weight is 301 g/mol. The van der Waals surface area contributed by atoms with E-state index in [4.69, 9.17) is 33.5 Å². The third-order valence-corrected chi connectivity index (χ3v) is 3.14. The van der Waals surface area contributed by atoms with Gasteiger partial charge in [-0.1, -0.05) is 34.4 Å². The molecule has 102 valence electrons. The molecule has 0 aliphatic heterocycles. The topological polar surface area (TPSA) is 68.2 Å². The SMILES string of the molecule is CN(C)CC(N)c1noc(-c2c(Cl)cccc2Cl)n1. The second-order valence-electron chi connectivity index (χ2n) is 4.42. The quantitative estimate of drug-likeness (QED) is 0.940. The zero-order chi connectivity index (χ0) is 14.0. The monoisotopic (exact) mass is 300 g/mol. The fraction of sp³-hybridized carbons (Fsp3) is 0.333. The van der Waals surface area contributed by atoms with Gasteiger partial charge in [-0.3, -0.25) is 0 Å². The van der Waals surface area contributed by atoms with Crippen LogP contribution in [0.3, 0.4) is 0 Å². The lowest BCUT2D eigenvalue weighted by Gasteiger charge is -2.12. The minimum atomic E-state index is -0.325. The molecule has 0 aliphatic rings. The average Bonchev–Trinajstić information content (AvgIpc) is 2.77. The Balaban J connectivity index is 2.31. The first-order valence-electron chi connectivity index (χ1n) is 5.67. The summed E-state index contributed by atoms with van der Waals surface area (Å²) < 4.78 is 5.19. The van der Waals surface area contributed by atoms with Crippen LogP contribution in [-0.2, 0) is 0 Å². The van der Waals surface area contributed by atoms with E-state index in [2.05, 4.69) is 10.1 Å². The third-order valence-electron chi connectivity index (χ3n) is 2.51. The second-order valence-corrected chi connectivity index (χ2v) is 5.24. The summed E-state index contributed by atoms with van der Waals surface area (Å²) in [6.07, 6.45) is 0. The number of hydrogen-bond donors (Lipinski definition) is 1. The first-order valence-corrected chi connectivity index (χ1v) is 6.43. The molecule has 0 aliphatic carbocycles. The molecule has 5 nitrogen and oxygen atoms in total. The van der Waals surface area contributed by atoms with E-state index >= 15 is 0 Å². The molecule has 1 atom stereocenters. The van der Waals surface area contributed by atoms with Gasteiger partial charge in [0, 0.05) is 6.54 Å². The van der Waals surface area contributed by atoms with Crippen LogP contribution in [0.2, 0.25) is 10.0 Å².